The molecule has 2 heterocycles. The lowest BCUT2D eigenvalue weighted by Gasteiger charge is -2.22. The van der Waals surface area contributed by atoms with Crippen LogP contribution in [0.2, 0.25) is 0 Å². The van der Waals surface area contributed by atoms with E-state index in [1.807, 2.05) is 0 Å². The molecule has 0 spiro atoms. The summed E-state index contributed by atoms with van der Waals surface area (Å²) in [6.45, 7) is 1.36. The molecule has 1 unspecified atom stereocenters. The van der Waals surface area contributed by atoms with Crippen LogP contribution in [0, 0.1) is 0 Å². The number of aryl methyl sites for hydroxylation is 1. The van der Waals surface area contributed by atoms with Gasteiger partial charge in [0.2, 0.25) is 10.0 Å². The highest BCUT2D eigenvalue weighted by atomic mass is 32.2. The van der Waals surface area contributed by atoms with E-state index in [4.69, 9.17) is 10.5 Å². The van der Waals surface area contributed by atoms with Crippen molar-refractivity contribution in [1.82, 2.24) is 9.29 Å². The fourth-order valence-electron chi connectivity index (χ4n) is 2.18. The first-order valence-corrected chi connectivity index (χ1v) is 7.98. The minimum atomic E-state index is -3.48. The molecule has 19 heavy (non-hydrogen) atoms. The van der Waals surface area contributed by atoms with Gasteiger partial charge in [0.05, 0.1) is 11.0 Å². The fraction of sp³-hybridized carbons (Fsp3) is 0.667. The second-order valence-corrected chi connectivity index (χ2v) is 6.59. The Morgan fingerprint density at radius 1 is 1.53 bits per heavy atom. The quantitative estimate of drug-likeness (QED) is 0.817. The van der Waals surface area contributed by atoms with Crippen molar-refractivity contribution in [2.75, 3.05) is 13.2 Å². The van der Waals surface area contributed by atoms with E-state index in [0.29, 0.717) is 13.1 Å². The molecule has 1 aromatic rings. The topological polar surface area (TPSA) is 86.3 Å². The first kappa shape index (κ1) is 14.5. The number of ether oxygens (including phenoxy) is 1. The van der Waals surface area contributed by atoms with Crippen molar-refractivity contribution in [2.24, 2.45) is 12.8 Å². The van der Waals surface area contributed by atoms with Gasteiger partial charge in [0.25, 0.3) is 0 Å². The Morgan fingerprint density at radius 3 is 2.89 bits per heavy atom. The summed E-state index contributed by atoms with van der Waals surface area (Å²) in [5, 5.41) is 0. The van der Waals surface area contributed by atoms with Gasteiger partial charge in [-0.3, -0.25) is 0 Å². The van der Waals surface area contributed by atoms with E-state index >= 15 is 0 Å². The molecular formula is C12H21N3O3S. The van der Waals surface area contributed by atoms with Crippen LogP contribution in [0.25, 0.3) is 0 Å². The first-order chi connectivity index (χ1) is 9.03. The van der Waals surface area contributed by atoms with Crippen molar-refractivity contribution in [3.63, 3.8) is 0 Å². The number of sulfonamides is 1. The zero-order valence-electron chi connectivity index (χ0n) is 11.1. The predicted octanol–water partition coefficient (Wildman–Crippen LogP) is 0.331. The minimum Gasteiger partial charge on any atom is -0.377 e. The molecule has 3 N–H and O–H groups in total. The summed E-state index contributed by atoms with van der Waals surface area (Å²) in [5.41, 5.74) is 6.33. The van der Waals surface area contributed by atoms with E-state index in [-0.39, 0.29) is 11.0 Å². The average Bonchev–Trinajstić information content (AvgIpc) is 2.80. The highest BCUT2D eigenvalue weighted by Crippen LogP contribution is 2.15. The van der Waals surface area contributed by atoms with Crippen molar-refractivity contribution >= 4 is 10.0 Å². The molecule has 0 aromatic carbocycles. The van der Waals surface area contributed by atoms with Gasteiger partial charge in [-0.15, -0.1) is 0 Å². The zero-order chi connectivity index (χ0) is 13.9. The van der Waals surface area contributed by atoms with Crippen LogP contribution < -0.4 is 10.5 Å². The summed E-state index contributed by atoms with van der Waals surface area (Å²) in [7, 11) is -1.69. The van der Waals surface area contributed by atoms with E-state index in [1.54, 1.807) is 23.9 Å². The van der Waals surface area contributed by atoms with Crippen LogP contribution in [0.5, 0.6) is 0 Å². The van der Waals surface area contributed by atoms with Crippen molar-refractivity contribution in [1.29, 1.82) is 0 Å². The van der Waals surface area contributed by atoms with Gasteiger partial charge in [0, 0.05) is 38.6 Å². The van der Waals surface area contributed by atoms with Gasteiger partial charge in [-0.2, -0.15) is 0 Å². The third-order valence-corrected chi connectivity index (χ3v) is 4.77. The Bertz CT molecular complexity index is 518. The van der Waals surface area contributed by atoms with Crippen LogP contribution in [0.3, 0.4) is 0 Å². The largest absolute Gasteiger partial charge is 0.377 e. The summed E-state index contributed by atoms with van der Waals surface area (Å²) in [6, 6.07) is 1.60. The third kappa shape index (κ3) is 3.56. The number of nitrogens with zero attached hydrogens (tertiary/aromatic N) is 1. The van der Waals surface area contributed by atoms with Crippen LogP contribution in [0.15, 0.2) is 17.2 Å². The van der Waals surface area contributed by atoms with Gasteiger partial charge in [-0.05, 0) is 25.3 Å². The lowest BCUT2D eigenvalue weighted by atomic mass is 10.1. The molecule has 1 aliphatic heterocycles. The summed E-state index contributed by atoms with van der Waals surface area (Å²) < 4.78 is 34.1. The number of rotatable bonds is 5. The maximum Gasteiger partial charge on any atom is 0.242 e. The molecule has 1 aliphatic rings. The van der Waals surface area contributed by atoms with E-state index in [0.717, 1.165) is 31.6 Å². The zero-order valence-corrected chi connectivity index (χ0v) is 11.9. The summed E-state index contributed by atoms with van der Waals surface area (Å²) in [4.78, 5) is 0.256. The molecule has 1 aromatic heterocycles. The Balaban J connectivity index is 2.00. The molecule has 7 heteroatoms. The molecule has 0 radical (unpaired) electrons. The Labute approximate surface area is 114 Å². The molecular weight excluding hydrogens is 266 g/mol. The minimum absolute atomic E-state index is 0.0128. The molecule has 0 saturated carbocycles. The van der Waals surface area contributed by atoms with E-state index in [2.05, 4.69) is 4.72 Å². The lowest BCUT2D eigenvalue weighted by Crippen LogP contribution is -2.35. The standard InChI is InChI=1S/C12H21N3O3S/c1-15-9-12(6-10(15)7-13)19(16,17)14-8-11-4-2-3-5-18-11/h6,9,11,14H,2-5,7-8,13H2,1H3. The SMILES string of the molecule is Cn1cc(S(=O)(=O)NCC2CCCCO2)cc1CN. The molecule has 1 saturated heterocycles. The molecule has 0 bridgehead atoms. The number of hydrogen-bond donors (Lipinski definition) is 2. The maximum absolute atomic E-state index is 12.1. The second kappa shape index (κ2) is 6.04. The predicted molar refractivity (Wildman–Crippen MR) is 72.1 cm³/mol. The van der Waals surface area contributed by atoms with Crippen LogP contribution in [-0.4, -0.2) is 32.2 Å². The smallest absolute Gasteiger partial charge is 0.242 e. The van der Waals surface area contributed by atoms with Gasteiger partial charge >= 0.3 is 0 Å². The van der Waals surface area contributed by atoms with Crippen LogP contribution in [-0.2, 0) is 28.4 Å². The number of hydrogen-bond acceptors (Lipinski definition) is 4. The number of nitrogens with two attached hydrogens (primary N) is 1. The second-order valence-electron chi connectivity index (χ2n) is 4.82. The molecule has 108 valence electrons. The van der Waals surface area contributed by atoms with Crippen molar-refractivity contribution in [3.8, 4) is 0 Å². The fourth-order valence-corrected chi connectivity index (χ4v) is 3.34. The number of nitrogens with one attached hydrogen (secondary N) is 1. The van der Waals surface area contributed by atoms with E-state index in [1.165, 1.54) is 0 Å². The van der Waals surface area contributed by atoms with Crippen molar-refractivity contribution in [3.05, 3.63) is 18.0 Å². The highest BCUT2D eigenvalue weighted by molar-refractivity contribution is 7.89. The van der Waals surface area contributed by atoms with Gasteiger partial charge in [-0.25, -0.2) is 13.1 Å². The molecule has 0 amide bonds. The summed E-state index contributed by atoms with van der Waals surface area (Å²) in [6.07, 6.45) is 4.62. The van der Waals surface area contributed by atoms with E-state index < -0.39 is 10.0 Å². The van der Waals surface area contributed by atoms with Crippen LogP contribution >= 0.6 is 0 Å². The molecule has 6 nitrogen and oxygen atoms in total. The number of aromatic nitrogens is 1. The molecule has 1 fully saturated rings. The third-order valence-electron chi connectivity index (χ3n) is 3.38. The van der Waals surface area contributed by atoms with Crippen LogP contribution in [0.4, 0.5) is 0 Å². The average molecular weight is 287 g/mol. The van der Waals surface area contributed by atoms with Gasteiger partial charge in [-0.1, -0.05) is 0 Å². The van der Waals surface area contributed by atoms with Crippen molar-refractivity contribution in [2.45, 2.75) is 36.8 Å². The molecule has 0 aliphatic carbocycles. The van der Waals surface area contributed by atoms with Gasteiger partial charge in [0.1, 0.15) is 0 Å². The van der Waals surface area contributed by atoms with E-state index in [9.17, 15) is 8.42 Å². The van der Waals surface area contributed by atoms with Gasteiger partial charge in [0.15, 0.2) is 0 Å². The van der Waals surface area contributed by atoms with Gasteiger partial charge < -0.3 is 15.0 Å². The first-order valence-electron chi connectivity index (χ1n) is 6.49. The maximum atomic E-state index is 12.1. The molecule has 1 atom stereocenters. The Morgan fingerprint density at radius 2 is 2.32 bits per heavy atom. The highest BCUT2D eigenvalue weighted by Gasteiger charge is 2.20. The monoisotopic (exact) mass is 287 g/mol. The molecule has 2 rings (SSSR count). The summed E-state index contributed by atoms with van der Waals surface area (Å²) in [5.74, 6) is 0. The Kier molecular flexibility index (Phi) is 4.62. The van der Waals surface area contributed by atoms with Crippen LogP contribution in [0.1, 0.15) is 25.0 Å². The summed E-state index contributed by atoms with van der Waals surface area (Å²) >= 11 is 0. The Hall–Kier alpha value is -0.890. The normalized spacial score (nSPS) is 20.6. The van der Waals surface area contributed by atoms with Crippen molar-refractivity contribution < 1.29 is 13.2 Å². The lowest BCUT2D eigenvalue weighted by molar-refractivity contribution is 0.0200.